The quantitative estimate of drug-likeness (QED) is 0.269. The van der Waals surface area contributed by atoms with Gasteiger partial charge in [-0.3, -0.25) is 0 Å². The highest BCUT2D eigenvalue weighted by Crippen LogP contribution is 2.39. The second-order valence-electron chi connectivity index (χ2n) is 11.0. The molecule has 8 bridgehead atoms. The Morgan fingerprint density at radius 2 is 1.00 bits per heavy atom. The maximum absolute atomic E-state index is 5.11. The molecule has 0 saturated heterocycles. The van der Waals surface area contributed by atoms with E-state index < -0.39 is 0 Å². The maximum atomic E-state index is 5.11. The van der Waals surface area contributed by atoms with Gasteiger partial charge in [-0.2, -0.15) is 0 Å². The van der Waals surface area contributed by atoms with E-state index in [1.807, 2.05) is 0 Å². The monoisotopic (exact) mass is 474 g/mol. The fourth-order valence-corrected chi connectivity index (χ4v) is 6.76. The summed E-state index contributed by atoms with van der Waals surface area (Å²) in [7, 11) is 0. The Balaban J connectivity index is 1.49. The maximum Gasteiger partial charge on any atom is 0.0694 e. The van der Waals surface area contributed by atoms with Gasteiger partial charge in [0, 0.05) is 33.2 Å². The van der Waals surface area contributed by atoms with E-state index in [0.29, 0.717) is 11.8 Å². The lowest BCUT2D eigenvalue weighted by Gasteiger charge is -2.23. The Kier molecular flexibility index (Phi) is 5.61. The summed E-state index contributed by atoms with van der Waals surface area (Å²) in [5.74, 6) is 1.11. The second kappa shape index (κ2) is 9.24. The molecule has 4 nitrogen and oxygen atoms in total. The van der Waals surface area contributed by atoms with Crippen LogP contribution in [0.15, 0.2) is 36.4 Å². The number of rotatable bonds is 2. The predicted octanol–water partition coefficient (Wildman–Crippen LogP) is 8.75. The Bertz CT molecular complexity index is 1410. The molecule has 4 aliphatic rings. The molecule has 2 aliphatic heterocycles. The summed E-state index contributed by atoms with van der Waals surface area (Å²) >= 11 is 0. The van der Waals surface area contributed by atoms with E-state index in [2.05, 4.69) is 70.7 Å². The highest BCUT2D eigenvalue weighted by molar-refractivity contribution is 5.81. The lowest BCUT2D eigenvalue weighted by molar-refractivity contribution is 0.442. The van der Waals surface area contributed by atoms with Crippen molar-refractivity contribution in [1.29, 1.82) is 0 Å². The van der Waals surface area contributed by atoms with Crippen LogP contribution in [-0.2, 0) is 0 Å². The van der Waals surface area contributed by atoms with Gasteiger partial charge in [-0.05, 0) is 98.2 Å². The summed E-state index contributed by atoms with van der Waals surface area (Å²) in [5, 5.41) is 0. The molecule has 36 heavy (non-hydrogen) atoms. The first kappa shape index (κ1) is 21.8. The average Bonchev–Trinajstić information content (AvgIpc) is 3.72. The van der Waals surface area contributed by atoms with Gasteiger partial charge in [-0.15, -0.1) is 0 Å². The first-order chi connectivity index (χ1) is 17.8. The minimum atomic E-state index is 0.532. The molecule has 0 radical (unpaired) electrons. The van der Waals surface area contributed by atoms with Crippen LogP contribution in [0.3, 0.4) is 0 Å². The molecule has 4 heteroatoms. The molecule has 0 amide bonds. The zero-order chi connectivity index (χ0) is 23.9. The van der Waals surface area contributed by atoms with Gasteiger partial charge in [0.25, 0.3) is 0 Å². The minimum Gasteiger partial charge on any atom is -0.355 e. The van der Waals surface area contributed by atoms with Crippen LogP contribution in [0.2, 0.25) is 0 Å². The van der Waals surface area contributed by atoms with Crippen LogP contribution >= 0.6 is 0 Å². The van der Waals surface area contributed by atoms with E-state index in [-0.39, 0.29) is 0 Å². The minimum absolute atomic E-state index is 0.532. The lowest BCUT2D eigenvalue weighted by Crippen LogP contribution is -2.08. The fraction of sp³-hybridized carbons (Fsp3) is 0.375. The van der Waals surface area contributed by atoms with Crippen LogP contribution in [0.4, 0.5) is 0 Å². The summed E-state index contributed by atoms with van der Waals surface area (Å²) in [4.78, 5) is 17.7. The third-order valence-corrected chi connectivity index (χ3v) is 8.51. The van der Waals surface area contributed by atoms with Crippen LogP contribution in [-0.4, -0.2) is 19.9 Å². The normalized spacial score (nSPS) is 18.7. The molecule has 2 N–H and O–H groups in total. The molecule has 2 saturated carbocycles. The van der Waals surface area contributed by atoms with E-state index in [0.717, 1.165) is 33.8 Å². The molecule has 0 spiro atoms. The van der Waals surface area contributed by atoms with Gasteiger partial charge in [0.05, 0.1) is 22.8 Å². The van der Waals surface area contributed by atoms with E-state index in [9.17, 15) is 0 Å². The van der Waals surface area contributed by atoms with Gasteiger partial charge in [0.1, 0.15) is 0 Å². The van der Waals surface area contributed by atoms with E-state index in [4.69, 9.17) is 9.97 Å². The molecule has 7 rings (SSSR count). The Morgan fingerprint density at radius 3 is 1.50 bits per heavy atom. The van der Waals surface area contributed by atoms with Gasteiger partial charge in [-0.25, -0.2) is 9.97 Å². The largest absolute Gasteiger partial charge is 0.355 e. The van der Waals surface area contributed by atoms with Gasteiger partial charge in [0.2, 0.25) is 0 Å². The van der Waals surface area contributed by atoms with Crippen molar-refractivity contribution >= 4 is 46.4 Å². The van der Waals surface area contributed by atoms with Crippen LogP contribution in [0.25, 0.3) is 46.4 Å². The van der Waals surface area contributed by atoms with Gasteiger partial charge >= 0.3 is 0 Å². The Hall–Kier alpha value is -3.40. The number of H-pyrrole nitrogens is 2. The van der Waals surface area contributed by atoms with Crippen molar-refractivity contribution in [2.75, 3.05) is 0 Å². The van der Waals surface area contributed by atoms with Crippen LogP contribution in [0.1, 0.15) is 110 Å². The summed E-state index contributed by atoms with van der Waals surface area (Å²) < 4.78 is 0. The topological polar surface area (TPSA) is 57.4 Å². The standard InChI is InChI=1S/C32H34N4/c1-3-7-21(8-4-1)31-27-15-11-23(33-27)19-25-13-17-29(35-25)32(22-9-5-2-6-10-22)30-18-14-26(36-30)20-24-12-16-28(31)34-24/h11-22,33-34H,1-10H2. The Labute approximate surface area is 212 Å². The number of nitrogens with zero attached hydrogens (tertiary/aromatic N) is 2. The first-order valence-corrected chi connectivity index (χ1v) is 13.9. The number of hydrogen-bond acceptors (Lipinski definition) is 2. The molecular formula is C32H34N4. The van der Waals surface area contributed by atoms with Crippen LogP contribution in [0.5, 0.6) is 0 Å². The zero-order valence-corrected chi connectivity index (χ0v) is 20.9. The smallest absolute Gasteiger partial charge is 0.0694 e. The third kappa shape index (κ3) is 4.13. The molecule has 0 atom stereocenters. The summed E-state index contributed by atoms with van der Waals surface area (Å²) in [6, 6.07) is 13.3. The van der Waals surface area contributed by atoms with Crippen molar-refractivity contribution in [1.82, 2.24) is 19.9 Å². The third-order valence-electron chi connectivity index (χ3n) is 8.51. The van der Waals surface area contributed by atoms with Crippen molar-refractivity contribution in [2.24, 2.45) is 0 Å². The highest BCUT2D eigenvalue weighted by Gasteiger charge is 2.23. The molecule has 2 aliphatic carbocycles. The first-order valence-electron chi connectivity index (χ1n) is 13.9. The number of fused-ring (bicyclic) bond motifs is 8. The lowest BCUT2D eigenvalue weighted by atomic mass is 9.82. The zero-order valence-electron chi connectivity index (χ0n) is 20.9. The summed E-state index contributed by atoms with van der Waals surface area (Å²) in [5.41, 5.74) is 11.6. The summed E-state index contributed by atoms with van der Waals surface area (Å²) in [6.07, 6.45) is 21.6. The van der Waals surface area contributed by atoms with Crippen molar-refractivity contribution in [2.45, 2.75) is 76.0 Å². The predicted molar refractivity (Wildman–Crippen MR) is 151 cm³/mol. The van der Waals surface area contributed by atoms with E-state index in [1.54, 1.807) is 0 Å². The summed E-state index contributed by atoms with van der Waals surface area (Å²) in [6.45, 7) is 0. The fourth-order valence-electron chi connectivity index (χ4n) is 6.76. The molecule has 0 unspecified atom stereocenters. The van der Waals surface area contributed by atoms with Crippen LogP contribution < -0.4 is 0 Å². The molecule has 2 fully saturated rings. The van der Waals surface area contributed by atoms with Crippen molar-refractivity contribution in [3.05, 3.63) is 70.3 Å². The number of aromatic amines is 2. The van der Waals surface area contributed by atoms with Gasteiger partial charge in [0.15, 0.2) is 0 Å². The van der Waals surface area contributed by atoms with E-state index >= 15 is 0 Å². The highest BCUT2D eigenvalue weighted by atomic mass is 14.8. The molecule has 3 aromatic heterocycles. The second-order valence-corrected chi connectivity index (χ2v) is 11.0. The molecule has 0 aromatic carbocycles. The van der Waals surface area contributed by atoms with E-state index in [1.165, 1.54) is 86.4 Å². The Morgan fingerprint density at radius 1 is 0.528 bits per heavy atom. The number of nitrogens with one attached hydrogen (secondary N) is 2. The molecule has 3 aromatic rings. The molecule has 5 heterocycles. The molecule has 182 valence electrons. The van der Waals surface area contributed by atoms with Crippen molar-refractivity contribution in [3.63, 3.8) is 0 Å². The van der Waals surface area contributed by atoms with Crippen LogP contribution in [0, 0.1) is 0 Å². The van der Waals surface area contributed by atoms with Gasteiger partial charge < -0.3 is 9.97 Å². The molecular weight excluding hydrogens is 440 g/mol. The SMILES string of the molecule is C1=Cc2nc1cc1ccc([nH]1)c(C1CCCCC1)c1ccc(cc3nc(c2C2CCCCC2)C=C3)[nH]1. The van der Waals surface area contributed by atoms with Crippen molar-refractivity contribution in [3.8, 4) is 0 Å². The average molecular weight is 475 g/mol. The number of hydrogen-bond donors (Lipinski definition) is 2. The van der Waals surface area contributed by atoms with Gasteiger partial charge in [-0.1, -0.05) is 38.5 Å². The number of aromatic nitrogens is 4. The van der Waals surface area contributed by atoms with Crippen molar-refractivity contribution < 1.29 is 0 Å².